The maximum atomic E-state index is 5.84. The Morgan fingerprint density at radius 1 is 1.21 bits per heavy atom. The van der Waals surface area contributed by atoms with Crippen LogP contribution in [-0.2, 0) is 0 Å². The molecule has 1 unspecified atom stereocenters. The van der Waals surface area contributed by atoms with Gasteiger partial charge in [0.2, 0.25) is 0 Å². The topological polar surface area (TPSA) is 154 Å². The van der Waals surface area contributed by atoms with Gasteiger partial charge in [-0.1, -0.05) is 0 Å². The summed E-state index contributed by atoms with van der Waals surface area (Å²) in [5.74, 6) is -1.97. The number of nitrogens with two attached hydrogens (primary N) is 5. The summed E-state index contributed by atoms with van der Waals surface area (Å²) in [5.41, 5.74) is 27.6. The summed E-state index contributed by atoms with van der Waals surface area (Å²) in [6.07, 6.45) is 0. The van der Waals surface area contributed by atoms with Crippen LogP contribution in [0, 0.1) is 37.0 Å². The van der Waals surface area contributed by atoms with Gasteiger partial charge in [0.25, 0.3) is 0 Å². The fraction of sp³-hybridized carbons (Fsp3) is 0.800. The van der Waals surface area contributed by atoms with Gasteiger partial charge in [0, 0.05) is 54.0 Å². The monoisotopic (exact) mass is 538 g/mol. The standard InChI is InChI=1S/C5H15IN7.U/c1-2-3(7,8)5(11,13-6)12-4(2,9)10;/h12-13H,7-11H2,1H3;/q-1;. The van der Waals surface area contributed by atoms with Crippen LogP contribution >= 0.6 is 22.9 Å². The van der Waals surface area contributed by atoms with Gasteiger partial charge in [-0.05, 0) is 11.4 Å². The van der Waals surface area contributed by atoms with Crippen molar-refractivity contribution < 1.29 is 31.1 Å². The van der Waals surface area contributed by atoms with Gasteiger partial charge in [0.1, 0.15) is 5.79 Å². The van der Waals surface area contributed by atoms with Crippen LogP contribution in [0.1, 0.15) is 6.92 Å². The van der Waals surface area contributed by atoms with Crippen LogP contribution in [0.25, 0.3) is 0 Å². The van der Waals surface area contributed by atoms with E-state index >= 15 is 0 Å². The van der Waals surface area contributed by atoms with Gasteiger partial charge in [-0.15, -0.1) is 0 Å². The molecule has 0 aromatic carbocycles. The molecule has 82 valence electrons. The van der Waals surface area contributed by atoms with Gasteiger partial charge >= 0.3 is 0 Å². The SMILES string of the molecule is C[C-]1C(N)(N)NC(N)(NI)C1(N)N.[U]. The van der Waals surface area contributed by atoms with E-state index in [1.165, 1.54) is 0 Å². The molecule has 1 heterocycles. The maximum absolute atomic E-state index is 5.84. The summed E-state index contributed by atoms with van der Waals surface area (Å²) < 4.78 is 2.72. The molecule has 0 saturated carbocycles. The minimum Gasteiger partial charge on any atom is -0.336 e. The summed E-state index contributed by atoms with van der Waals surface area (Å²) in [7, 11) is 0. The first-order valence-corrected chi connectivity index (χ1v) is 4.71. The molecule has 0 spiro atoms. The molecule has 1 aliphatic rings. The Bertz CT molecular complexity index is 219. The number of nitrogens with one attached hydrogen (secondary N) is 2. The first-order valence-electron chi connectivity index (χ1n) is 3.63. The van der Waals surface area contributed by atoms with E-state index in [-0.39, 0.29) is 31.1 Å². The first-order chi connectivity index (χ1) is 5.67. The van der Waals surface area contributed by atoms with Gasteiger partial charge in [0.15, 0.2) is 0 Å². The second-order valence-electron chi connectivity index (χ2n) is 3.39. The molecule has 0 aliphatic carbocycles. The van der Waals surface area contributed by atoms with Crippen LogP contribution in [0.15, 0.2) is 0 Å². The van der Waals surface area contributed by atoms with Crippen LogP contribution in [-0.4, -0.2) is 17.2 Å². The molecule has 14 heavy (non-hydrogen) atoms. The Morgan fingerprint density at radius 3 is 1.79 bits per heavy atom. The summed E-state index contributed by atoms with van der Waals surface area (Å²) >= 11 is 1.84. The largest absolute Gasteiger partial charge is 0.336 e. The Labute approximate surface area is 120 Å². The average molecular weight is 538 g/mol. The van der Waals surface area contributed by atoms with Crippen molar-refractivity contribution in [1.29, 1.82) is 0 Å². The first kappa shape index (κ1) is 15.5. The Kier molecular flexibility index (Phi) is 4.88. The average Bonchev–Trinajstić information content (AvgIpc) is 2.11. The molecule has 1 atom stereocenters. The van der Waals surface area contributed by atoms with Crippen molar-refractivity contribution in [2.75, 3.05) is 0 Å². The molecular weight excluding hydrogens is 523 g/mol. The minimum atomic E-state index is -1.29. The third-order valence-corrected chi connectivity index (χ3v) is 3.30. The van der Waals surface area contributed by atoms with Crippen LogP contribution in [0.3, 0.4) is 0 Å². The fourth-order valence-corrected chi connectivity index (χ4v) is 1.84. The number of rotatable bonds is 1. The van der Waals surface area contributed by atoms with E-state index in [4.69, 9.17) is 28.7 Å². The molecule has 0 amide bonds. The molecule has 7 nitrogen and oxygen atoms in total. The fourth-order valence-electron chi connectivity index (χ4n) is 1.26. The quantitative estimate of drug-likeness (QED) is 0.0810. The molecule has 0 radical (unpaired) electrons. The zero-order chi connectivity index (χ0) is 10.5. The second-order valence-corrected chi connectivity index (χ2v) is 3.93. The molecule has 9 heteroatoms. The van der Waals surface area contributed by atoms with E-state index in [2.05, 4.69) is 8.85 Å². The summed E-state index contributed by atoms with van der Waals surface area (Å²) in [4.78, 5) is 0. The Balaban J connectivity index is 0.00000169. The molecule has 12 N–H and O–H groups in total. The van der Waals surface area contributed by atoms with Crippen LogP contribution in [0.2, 0.25) is 0 Å². The zero-order valence-electron chi connectivity index (χ0n) is 7.76. The zero-order valence-corrected chi connectivity index (χ0v) is 14.1. The molecule has 1 fully saturated rings. The van der Waals surface area contributed by atoms with Crippen molar-refractivity contribution in [3.8, 4) is 0 Å². The van der Waals surface area contributed by atoms with Gasteiger partial charge in [-0.3, -0.25) is 5.32 Å². The van der Waals surface area contributed by atoms with E-state index in [0.29, 0.717) is 5.92 Å². The maximum Gasteiger partial charge on any atom is 0.132 e. The van der Waals surface area contributed by atoms with Gasteiger partial charge < -0.3 is 28.7 Å². The predicted octanol–water partition coefficient (Wildman–Crippen LogP) is -3.08. The normalized spacial score (nSPS) is 35.4. The number of hydrogen-bond donors (Lipinski definition) is 7. The molecule has 0 aromatic heterocycles. The smallest absolute Gasteiger partial charge is 0.132 e. The number of hydrogen-bond acceptors (Lipinski definition) is 7. The summed E-state index contributed by atoms with van der Waals surface area (Å²) in [5, 5.41) is 2.72. The van der Waals surface area contributed by atoms with Crippen molar-refractivity contribution in [3.63, 3.8) is 0 Å². The summed E-state index contributed by atoms with van der Waals surface area (Å²) in [6, 6.07) is 0. The predicted molar refractivity (Wildman–Crippen MR) is 58.3 cm³/mol. The third kappa shape index (κ3) is 2.13. The number of halogens is 1. The van der Waals surface area contributed by atoms with Crippen LogP contribution in [0.5, 0.6) is 0 Å². The van der Waals surface area contributed by atoms with Crippen molar-refractivity contribution in [1.82, 2.24) is 8.85 Å². The molecule has 1 rings (SSSR count). The van der Waals surface area contributed by atoms with Crippen molar-refractivity contribution in [3.05, 3.63) is 5.92 Å². The Hall–Kier alpha value is 1.50. The molecule has 1 saturated heterocycles. The third-order valence-electron chi connectivity index (χ3n) is 2.45. The molecule has 0 bridgehead atoms. The van der Waals surface area contributed by atoms with E-state index < -0.39 is 17.2 Å². The van der Waals surface area contributed by atoms with Crippen LogP contribution in [0.4, 0.5) is 0 Å². The molecular formula is C5H15IN7U-. The second kappa shape index (κ2) is 4.40. The van der Waals surface area contributed by atoms with E-state index in [0.717, 1.165) is 0 Å². The molecule has 1 aliphatic heterocycles. The van der Waals surface area contributed by atoms with E-state index in [1.54, 1.807) is 6.92 Å². The van der Waals surface area contributed by atoms with E-state index in [1.807, 2.05) is 22.9 Å². The van der Waals surface area contributed by atoms with Crippen molar-refractivity contribution in [2.45, 2.75) is 24.2 Å². The minimum absolute atomic E-state index is 0. The molecule has 0 aromatic rings. The van der Waals surface area contributed by atoms with Gasteiger partial charge in [0.05, 0.1) is 0 Å². The van der Waals surface area contributed by atoms with E-state index in [9.17, 15) is 0 Å². The Morgan fingerprint density at radius 2 is 1.64 bits per heavy atom. The van der Waals surface area contributed by atoms with Gasteiger partial charge in [-0.2, -0.15) is 6.92 Å². The van der Waals surface area contributed by atoms with Gasteiger partial charge in [-0.25, -0.2) is 9.45 Å². The van der Waals surface area contributed by atoms with Crippen molar-refractivity contribution in [2.24, 2.45) is 28.7 Å². The summed E-state index contributed by atoms with van der Waals surface area (Å²) in [6.45, 7) is 1.66. The van der Waals surface area contributed by atoms with Crippen LogP contribution < -0.4 is 37.5 Å². The van der Waals surface area contributed by atoms with Crippen molar-refractivity contribution >= 4 is 22.9 Å².